The molecule has 0 bridgehead atoms. The van der Waals surface area contributed by atoms with E-state index in [0.29, 0.717) is 46.6 Å². The Morgan fingerprint density at radius 1 is 1.27 bits per heavy atom. The van der Waals surface area contributed by atoms with Crippen molar-refractivity contribution in [2.45, 2.75) is 19.4 Å². The minimum absolute atomic E-state index is 0.0574. The van der Waals surface area contributed by atoms with Crippen molar-refractivity contribution in [2.75, 3.05) is 23.3 Å². The zero-order valence-corrected chi connectivity index (χ0v) is 15.6. The Labute approximate surface area is 161 Å². The first-order valence-corrected chi connectivity index (χ1v) is 9.02. The first-order chi connectivity index (χ1) is 12.5. The summed E-state index contributed by atoms with van der Waals surface area (Å²) in [6.07, 6.45) is 2.13. The van der Waals surface area contributed by atoms with Gasteiger partial charge in [0.1, 0.15) is 11.9 Å². The maximum Gasteiger partial charge on any atom is 0.252 e. The van der Waals surface area contributed by atoms with Gasteiger partial charge in [0.05, 0.1) is 15.6 Å². The molecule has 3 rings (SSSR count). The summed E-state index contributed by atoms with van der Waals surface area (Å²) in [5.74, 6) is 0.319. The Morgan fingerprint density at radius 2 is 2.08 bits per heavy atom. The van der Waals surface area contributed by atoms with Crippen LogP contribution in [0.4, 0.5) is 11.5 Å². The van der Waals surface area contributed by atoms with Crippen LogP contribution in [0.3, 0.4) is 0 Å². The van der Waals surface area contributed by atoms with Crippen LogP contribution < -0.4 is 15.5 Å². The third-order valence-electron chi connectivity index (χ3n) is 4.11. The summed E-state index contributed by atoms with van der Waals surface area (Å²) in [6, 6.07) is 8.12. The maximum atomic E-state index is 12.7. The molecule has 2 aromatic rings. The first-order valence-electron chi connectivity index (χ1n) is 8.27. The number of nitrogens with zero attached hydrogens (tertiary/aromatic N) is 2. The fourth-order valence-electron chi connectivity index (χ4n) is 2.78. The van der Waals surface area contributed by atoms with Crippen LogP contribution in [0.2, 0.25) is 10.0 Å². The van der Waals surface area contributed by atoms with Crippen molar-refractivity contribution < 1.29 is 9.59 Å². The number of carbonyl (C=O) groups is 2. The topological polar surface area (TPSA) is 74.3 Å². The third kappa shape index (κ3) is 3.92. The van der Waals surface area contributed by atoms with Crippen molar-refractivity contribution in [3.63, 3.8) is 0 Å². The average molecular weight is 393 g/mol. The second-order valence-corrected chi connectivity index (χ2v) is 6.68. The number of hydrogen-bond acceptors (Lipinski definition) is 4. The summed E-state index contributed by atoms with van der Waals surface area (Å²) < 4.78 is 0. The molecule has 1 aliphatic rings. The Balaban J connectivity index is 1.67. The van der Waals surface area contributed by atoms with E-state index in [4.69, 9.17) is 23.2 Å². The summed E-state index contributed by atoms with van der Waals surface area (Å²) in [4.78, 5) is 30.3. The molecule has 1 unspecified atom stereocenters. The van der Waals surface area contributed by atoms with Crippen LogP contribution in [0, 0.1) is 0 Å². The fourth-order valence-corrected chi connectivity index (χ4v) is 3.07. The van der Waals surface area contributed by atoms with E-state index in [1.807, 2.05) is 6.92 Å². The van der Waals surface area contributed by atoms with Crippen molar-refractivity contribution in [3.8, 4) is 0 Å². The quantitative estimate of drug-likeness (QED) is 0.817. The van der Waals surface area contributed by atoms with Gasteiger partial charge in [-0.25, -0.2) is 4.98 Å². The highest BCUT2D eigenvalue weighted by atomic mass is 35.5. The summed E-state index contributed by atoms with van der Waals surface area (Å²) in [5, 5.41) is 6.70. The number of rotatable bonds is 5. The zero-order chi connectivity index (χ0) is 18.7. The molecule has 1 aliphatic heterocycles. The molecule has 0 radical (unpaired) electrons. The third-order valence-corrected chi connectivity index (χ3v) is 4.84. The highest BCUT2D eigenvalue weighted by Gasteiger charge is 2.33. The van der Waals surface area contributed by atoms with Crippen molar-refractivity contribution in [2.24, 2.45) is 0 Å². The number of nitrogens with one attached hydrogen (secondary N) is 2. The van der Waals surface area contributed by atoms with Crippen LogP contribution in [-0.2, 0) is 4.79 Å². The summed E-state index contributed by atoms with van der Waals surface area (Å²) >= 11 is 12.0. The van der Waals surface area contributed by atoms with Gasteiger partial charge in [-0.05, 0) is 43.7 Å². The molecular weight excluding hydrogens is 375 g/mol. The molecule has 6 nitrogen and oxygen atoms in total. The Morgan fingerprint density at radius 3 is 2.73 bits per heavy atom. The van der Waals surface area contributed by atoms with Crippen LogP contribution >= 0.6 is 23.2 Å². The van der Waals surface area contributed by atoms with Crippen molar-refractivity contribution in [1.29, 1.82) is 0 Å². The largest absolute Gasteiger partial charge is 0.358 e. The molecule has 1 saturated heterocycles. The molecule has 2 amide bonds. The monoisotopic (exact) mass is 392 g/mol. The molecule has 0 spiro atoms. The number of hydrogen-bond donors (Lipinski definition) is 2. The molecular formula is C18H18Cl2N4O2. The number of pyridine rings is 1. The molecule has 2 heterocycles. The molecule has 26 heavy (non-hydrogen) atoms. The highest BCUT2D eigenvalue weighted by molar-refractivity contribution is 6.42. The number of aromatic nitrogens is 1. The van der Waals surface area contributed by atoms with Gasteiger partial charge in [-0.3, -0.25) is 9.59 Å². The zero-order valence-electron chi connectivity index (χ0n) is 14.1. The Kier molecular flexibility index (Phi) is 5.64. The van der Waals surface area contributed by atoms with E-state index in [2.05, 4.69) is 15.6 Å². The Hall–Kier alpha value is -2.31. The smallest absolute Gasteiger partial charge is 0.252 e. The lowest BCUT2D eigenvalue weighted by molar-refractivity contribution is -0.117. The molecule has 0 saturated carbocycles. The summed E-state index contributed by atoms with van der Waals surface area (Å²) in [7, 11) is 0. The van der Waals surface area contributed by atoms with Gasteiger partial charge in [-0.1, -0.05) is 23.2 Å². The van der Waals surface area contributed by atoms with E-state index >= 15 is 0 Å². The van der Waals surface area contributed by atoms with Crippen molar-refractivity contribution in [1.82, 2.24) is 10.3 Å². The standard InChI is InChI=1S/C18H18Cl2N4O2/c1-2-21-17(25)11-3-6-16(22-10-11)23-15-7-8-24(18(15)26)12-4-5-13(19)14(20)9-12/h3-6,9-10,15H,2,7-8H2,1H3,(H,21,25)(H,22,23). The van der Waals surface area contributed by atoms with Gasteiger partial charge in [0.2, 0.25) is 5.91 Å². The molecule has 2 N–H and O–H groups in total. The lowest BCUT2D eigenvalue weighted by Gasteiger charge is -2.18. The molecule has 0 aliphatic carbocycles. The summed E-state index contributed by atoms with van der Waals surface area (Å²) in [5.41, 5.74) is 1.20. The minimum Gasteiger partial charge on any atom is -0.358 e. The van der Waals surface area contributed by atoms with E-state index in [9.17, 15) is 9.59 Å². The van der Waals surface area contributed by atoms with Gasteiger partial charge in [-0.2, -0.15) is 0 Å². The van der Waals surface area contributed by atoms with Crippen molar-refractivity contribution >= 4 is 46.5 Å². The molecule has 136 valence electrons. The number of carbonyl (C=O) groups excluding carboxylic acids is 2. The number of halogens is 2. The molecule has 1 aromatic carbocycles. The van der Waals surface area contributed by atoms with E-state index in [1.54, 1.807) is 35.2 Å². The Bertz CT molecular complexity index is 826. The van der Waals surface area contributed by atoms with Gasteiger partial charge in [0.25, 0.3) is 5.91 Å². The normalized spacial score (nSPS) is 16.7. The van der Waals surface area contributed by atoms with Crippen LogP contribution in [0.1, 0.15) is 23.7 Å². The SMILES string of the molecule is CCNC(=O)c1ccc(NC2CCN(c3ccc(Cl)c(Cl)c3)C2=O)nc1. The molecule has 8 heteroatoms. The fraction of sp³-hybridized carbons (Fsp3) is 0.278. The predicted molar refractivity (Wildman–Crippen MR) is 103 cm³/mol. The van der Waals surface area contributed by atoms with Crippen LogP contribution in [0.15, 0.2) is 36.5 Å². The highest BCUT2D eigenvalue weighted by Crippen LogP contribution is 2.30. The van der Waals surface area contributed by atoms with Gasteiger partial charge in [0, 0.05) is 25.0 Å². The second kappa shape index (κ2) is 7.93. The second-order valence-electron chi connectivity index (χ2n) is 5.87. The predicted octanol–water partition coefficient (Wildman–Crippen LogP) is 3.36. The van der Waals surface area contributed by atoms with Gasteiger partial charge >= 0.3 is 0 Å². The maximum absolute atomic E-state index is 12.7. The number of benzene rings is 1. The molecule has 1 fully saturated rings. The lowest BCUT2D eigenvalue weighted by Crippen LogP contribution is -2.33. The first kappa shape index (κ1) is 18.5. The van der Waals surface area contributed by atoms with E-state index < -0.39 is 0 Å². The van der Waals surface area contributed by atoms with Gasteiger partial charge < -0.3 is 15.5 Å². The summed E-state index contributed by atoms with van der Waals surface area (Å²) in [6.45, 7) is 2.98. The number of anilines is 2. The molecule has 1 aromatic heterocycles. The van der Waals surface area contributed by atoms with E-state index in [0.717, 1.165) is 0 Å². The van der Waals surface area contributed by atoms with Crippen molar-refractivity contribution in [3.05, 3.63) is 52.1 Å². The molecule has 1 atom stereocenters. The van der Waals surface area contributed by atoms with Crippen LogP contribution in [0.5, 0.6) is 0 Å². The lowest BCUT2D eigenvalue weighted by atomic mass is 10.2. The number of amides is 2. The van der Waals surface area contributed by atoms with E-state index in [-0.39, 0.29) is 17.9 Å². The minimum atomic E-state index is -0.382. The van der Waals surface area contributed by atoms with Gasteiger partial charge in [0.15, 0.2) is 0 Å². The van der Waals surface area contributed by atoms with Gasteiger partial charge in [-0.15, -0.1) is 0 Å². The van der Waals surface area contributed by atoms with E-state index in [1.165, 1.54) is 6.20 Å². The van der Waals surface area contributed by atoms with Crippen LogP contribution in [0.25, 0.3) is 0 Å². The average Bonchev–Trinajstić information content (AvgIpc) is 2.99. The van der Waals surface area contributed by atoms with Crippen LogP contribution in [-0.4, -0.2) is 35.9 Å².